The molecule has 0 bridgehead atoms. The summed E-state index contributed by atoms with van der Waals surface area (Å²) in [7, 11) is 0. The van der Waals surface area contributed by atoms with Gasteiger partial charge < -0.3 is 0 Å². The molecule has 0 aliphatic heterocycles. The van der Waals surface area contributed by atoms with Crippen molar-refractivity contribution in [1.29, 1.82) is 0 Å². The SMILES string of the molecule is O=C(N/N=C\[C@@H]1[C@H](c2ccccc2)C1(Cl)Cl)c1cccc(Br)c1. The Hall–Kier alpha value is -1.36. The summed E-state index contributed by atoms with van der Waals surface area (Å²) in [4.78, 5) is 12.0. The van der Waals surface area contributed by atoms with Crippen LogP contribution < -0.4 is 5.43 Å². The van der Waals surface area contributed by atoms with E-state index in [1.165, 1.54) is 0 Å². The maximum absolute atomic E-state index is 12.0. The van der Waals surface area contributed by atoms with Crippen LogP contribution in [0.2, 0.25) is 0 Å². The summed E-state index contributed by atoms with van der Waals surface area (Å²) in [5.41, 5.74) is 4.09. The fourth-order valence-electron chi connectivity index (χ4n) is 2.50. The van der Waals surface area contributed by atoms with Crippen molar-refractivity contribution in [2.75, 3.05) is 0 Å². The first-order valence-electron chi connectivity index (χ1n) is 7.02. The van der Waals surface area contributed by atoms with Gasteiger partial charge >= 0.3 is 0 Å². The Morgan fingerprint density at radius 3 is 2.61 bits per heavy atom. The number of halogens is 3. The number of benzene rings is 2. The van der Waals surface area contributed by atoms with Gasteiger partial charge in [-0.15, -0.1) is 23.2 Å². The Labute approximate surface area is 152 Å². The summed E-state index contributed by atoms with van der Waals surface area (Å²) < 4.78 is -0.0493. The molecule has 2 atom stereocenters. The molecule has 3 nitrogen and oxygen atoms in total. The predicted octanol–water partition coefficient (Wildman–Crippen LogP) is 4.75. The van der Waals surface area contributed by atoms with Crippen LogP contribution in [0.4, 0.5) is 0 Å². The van der Waals surface area contributed by atoms with Crippen molar-refractivity contribution in [2.45, 2.75) is 10.3 Å². The molecule has 0 radical (unpaired) electrons. The van der Waals surface area contributed by atoms with E-state index in [9.17, 15) is 4.79 Å². The highest BCUT2D eigenvalue weighted by molar-refractivity contribution is 9.10. The number of hydrazone groups is 1. The lowest BCUT2D eigenvalue weighted by Gasteiger charge is -2.00. The summed E-state index contributed by atoms with van der Waals surface area (Å²) in [6, 6.07) is 16.9. The molecule has 1 fully saturated rings. The number of nitrogens with one attached hydrogen (secondary N) is 1. The molecule has 0 aromatic heterocycles. The average molecular weight is 412 g/mol. The van der Waals surface area contributed by atoms with Crippen molar-refractivity contribution >= 4 is 51.3 Å². The minimum atomic E-state index is -0.884. The van der Waals surface area contributed by atoms with Gasteiger partial charge in [-0.05, 0) is 23.8 Å². The Kier molecular flexibility index (Phi) is 4.76. The van der Waals surface area contributed by atoms with Crippen LogP contribution in [0.3, 0.4) is 0 Å². The normalized spacial score (nSPS) is 22.0. The number of alkyl halides is 2. The quantitative estimate of drug-likeness (QED) is 0.440. The fourth-order valence-corrected chi connectivity index (χ4v) is 3.66. The Morgan fingerprint density at radius 1 is 1.17 bits per heavy atom. The van der Waals surface area contributed by atoms with Crippen LogP contribution in [0, 0.1) is 5.92 Å². The molecule has 2 aromatic carbocycles. The zero-order valence-electron chi connectivity index (χ0n) is 11.9. The number of hydrogen-bond donors (Lipinski definition) is 1. The van der Waals surface area contributed by atoms with Gasteiger partial charge in [-0.25, -0.2) is 5.43 Å². The molecular formula is C17H13BrCl2N2O. The van der Waals surface area contributed by atoms with Crippen molar-refractivity contribution in [3.05, 3.63) is 70.2 Å². The highest BCUT2D eigenvalue weighted by atomic mass is 79.9. The second-order valence-corrected chi connectivity index (χ2v) is 7.68. The van der Waals surface area contributed by atoms with Crippen LogP contribution in [-0.4, -0.2) is 16.5 Å². The van der Waals surface area contributed by atoms with E-state index >= 15 is 0 Å². The third-order valence-electron chi connectivity index (χ3n) is 3.76. The van der Waals surface area contributed by atoms with Crippen LogP contribution in [0.1, 0.15) is 21.8 Å². The molecule has 0 heterocycles. The maximum atomic E-state index is 12.0. The highest BCUT2D eigenvalue weighted by Crippen LogP contribution is 2.63. The number of amides is 1. The maximum Gasteiger partial charge on any atom is 0.271 e. The summed E-state index contributed by atoms with van der Waals surface area (Å²) in [6.45, 7) is 0. The minimum Gasteiger partial charge on any atom is -0.267 e. The van der Waals surface area contributed by atoms with Gasteiger partial charge in [0.25, 0.3) is 5.91 Å². The molecule has 6 heteroatoms. The lowest BCUT2D eigenvalue weighted by molar-refractivity contribution is 0.0955. The molecular weight excluding hydrogens is 399 g/mol. The van der Waals surface area contributed by atoms with Gasteiger partial charge in [-0.3, -0.25) is 4.79 Å². The van der Waals surface area contributed by atoms with Crippen molar-refractivity contribution in [1.82, 2.24) is 5.43 Å². The first-order chi connectivity index (χ1) is 11.0. The Morgan fingerprint density at radius 2 is 1.91 bits per heavy atom. The Bertz CT molecular complexity index is 749. The summed E-state index contributed by atoms with van der Waals surface area (Å²) >= 11 is 16.0. The first-order valence-corrected chi connectivity index (χ1v) is 8.57. The number of nitrogens with zero attached hydrogens (tertiary/aromatic N) is 1. The molecule has 3 rings (SSSR count). The zero-order chi connectivity index (χ0) is 16.4. The molecule has 0 saturated heterocycles. The van der Waals surface area contributed by atoms with Crippen molar-refractivity contribution in [3.63, 3.8) is 0 Å². The van der Waals surface area contributed by atoms with E-state index in [2.05, 4.69) is 26.5 Å². The predicted molar refractivity (Wildman–Crippen MR) is 97.2 cm³/mol. The summed E-state index contributed by atoms with van der Waals surface area (Å²) in [6.07, 6.45) is 1.60. The van der Waals surface area contributed by atoms with Gasteiger partial charge in [-0.1, -0.05) is 52.3 Å². The first kappa shape index (κ1) is 16.5. The molecule has 0 unspecified atom stereocenters. The van der Waals surface area contributed by atoms with Gasteiger partial charge in [0.1, 0.15) is 4.33 Å². The highest BCUT2D eigenvalue weighted by Gasteiger charge is 2.63. The molecule has 1 aliphatic rings. The van der Waals surface area contributed by atoms with Crippen LogP contribution >= 0.6 is 39.1 Å². The second-order valence-electron chi connectivity index (χ2n) is 5.32. The van der Waals surface area contributed by atoms with E-state index in [0.29, 0.717) is 5.56 Å². The van der Waals surface area contributed by atoms with Crippen molar-refractivity contribution < 1.29 is 4.79 Å². The molecule has 118 valence electrons. The number of carbonyl (C=O) groups is 1. The van der Waals surface area contributed by atoms with Crippen LogP contribution in [-0.2, 0) is 0 Å². The topological polar surface area (TPSA) is 41.5 Å². The number of carbonyl (C=O) groups excluding carboxylic acids is 1. The van der Waals surface area contributed by atoms with Gasteiger partial charge in [0, 0.05) is 28.1 Å². The average Bonchev–Trinajstić information content (AvgIpc) is 3.09. The summed E-state index contributed by atoms with van der Waals surface area (Å²) in [5, 5.41) is 4.00. The number of hydrogen-bond acceptors (Lipinski definition) is 2. The molecule has 1 aliphatic carbocycles. The van der Waals surface area contributed by atoms with Crippen LogP contribution in [0.5, 0.6) is 0 Å². The third-order valence-corrected chi connectivity index (χ3v) is 5.22. The largest absolute Gasteiger partial charge is 0.271 e. The molecule has 23 heavy (non-hydrogen) atoms. The smallest absolute Gasteiger partial charge is 0.267 e. The van der Waals surface area contributed by atoms with Crippen molar-refractivity contribution in [2.24, 2.45) is 11.0 Å². The van der Waals surface area contributed by atoms with E-state index in [4.69, 9.17) is 23.2 Å². The molecule has 1 saturated carbocycles. The van der Waals surface area contributed by atoms with Crippen LogP contribution in [0.15, 0.2) is 64.2 Å². The second kappa shape index (κ2) is 6.63. The van der Waals surface area contributed by atoms with Crippen LogP contribution in [0.25, 0.3) is 0 Å². The van der Waals surface area contributed by atoms with Gasteiger partial charge in [0.2, 0.25) is 0 Å². The fraction of sp³-hybridized carbons (Fsp3) is 0.176. The van der Waals surface area contributed by atoms with E-state index in [1.54, 1.807) is 24.4 Å². The van der Waals surface area contributed by atoms with Gasteiger partial charge in [0.05, 0.1) is 0 Å². The van der Waals surface area contributed by atoms with E-state index in [0.717, 1.165) is 10.0 Å². The molecule has 2 aromatic rings. The summed E-state index contributed by atoms with van der Waals surface area (Å²) in [5.74, 6) is -0.427. The lowest BCUT2D eigenvalue weighted by atomic mass is 10.1. The minimum absolute atomic E-state index is 0.0152. The third kappa shape index (κ3) is 3.60. The van der Waals surface area contributed by atoms with E-state index in [1.807, 2.05) is 36.4 Å². The van der Waals surface area contributed by atoms with E-state index in [-0.39, 0.29) is 17.7 Å². The van der Waals surface area contributed by atoms with Crippen molar-refractivity contribution in [3.8, 4) is 0 Å². The Balaban J connectivity index is 1.64. The monoisotopic (exact) mass is 410 g/mol. The zero-order valence-corrected chi connectivity index (χ0v) is 15.0. The number of rotatable bonds is 4. The molecule has 1 N–H and O–H groups in total. The van der Waals surface area contributed by atoms with Gasteiger partial charge in [-0.2, -0.15) is 5.10 Å². The lowest BCUT2D eigenvalue weighted by Crippen LogP contribution is -2.17. The standard InChI is InChI=1S/C17H13BrCl2N2O/c18-13-8-4-7-12(9-13)16(23)22-21-10-14-15(17(14,19)20)11-5-2-1-3-6-11/h1-10,14-15H,(H,22,23)/b21-10-/t14-,15+/m1/s1. The van der Waals surface area contributed by atoms with Gasteiger partial charge in [0.15, 0.2) is 0 Å². The molecule has 1 amide bonds. The molecule has 0 spiro atoms. The van der Waals surface area contributed by atoms with E-state index < -0.39 is 4.33 Å².